The van der Waals surface area contributed by atoms with Crippen molar-refractivity contribution in [2.24, 2.45) is 0 Å². The van der Waals surface area contributed by atoms with Gasteiger partial charge < -0.3 is 4.74 Å². The number of hydrogen-bond donors (Lipinski definition) is 0. The van der Waals surface area contributed by atoms with E-state index >= 15 is 0 Å². The topological polar surface area (TPSA) is 26.3 Å². The van der Waals surface area contributed by atoms with E-state index in [2.05, 4.69) is 15.9 Å². The van der Waals surface area contributed by atoms with Crippen molar-refractivity contribution in [3.63, 3.8) is 0 Å². The lowest BCUT2D eigenvalue weighted by Crippen LogP contribution is -1.99. The predicted octanol–water partition coefficient (Wildman–Crippen LogP) is 5.20. The van der Waals surface area contributed by atoms with Gasteiger partial charge in [-0.1, -0.05) is 23.7 Å². The van der Waals surface area contributed by atoms with Gasteiger partial charge >= 0.3 is 0 Å². The van der Waals surface area contributed by atoms with E-state index in [9.17, 15) is 9.18 Å². The zero-order valence-corrected chi connectivity index (χ0v) is 13.1. The fraction of sp³-hybridized carbons (Fsp3) is 0.0714. The molecule has 0 aliphatic rings. The normalized spacial score (nSPS) is 10.4. The molecule has 0 bridgehead atoms. The van der Waals surface area contributed by atoms with Crippen LogP contribution >= 0.6 is 39.1 Å². The van der Waals surface area contributed by atoms with Crippen LogP contribution in [0.2, 0.25) is 5.02 Å². The minimum atomic E-state index is -0.607. The van der Waals surface area contributed by atoms with Gasteiger partial charge in [0.05, 0.1) is 9.50 Å². The molecule has 0 radical (unpaired) electrons. The largest absolute Gasteiger partial charge is 0.486 e. The highest BCUT2D eigenvalue weighted by atomic mass is 79.9. The van der Waals surface area contributed by atoms with Gasteiger partial charge in [0.2, 0.25) is 0 Å². The Bertz CT molecular complexity index is 638. The zero-order valence-electron chi connectivity index (χ0n) is 10.00. The van der Waals surface area contributed by atoms with Crippen LogP contribution < -0.4 is 4.74 Å². The van der Waals surface area contributed by atoms with E-state index in [4.69, 9.17) is 27.9 Å². The highest BCUT2D eigenvalue weighted by molar-refractivity contribution is 9.10. The van der Waals surface area contributed by atoms with Crippen LogP contribution in [0.1, 0.15) is 15.9 Å². The van der Waals surface area contributed by atoms with Gasteiger partial charge in [-0.2, -0.15) is 0 Å². The molecule has 2 nitrogen and oxygen atoms in total. The standard InChI is InChI=1S/C14H8BrCl2FO2/c15-11-5-9(14(17)19)6-12(16)13(11)20-7-8-2-1-3-10(18)4-8/h1-6H,7H2. The van der Waals surface area contributed by atoms with Gasteiger partial charge in [0.15, 0.2) is 5.75 Å². The van der Waals surface area contributed by atoms with Gasteiger partial charge in [-0.15, -0.1) is 0 Å². The Labute approximate surface area is 133 Å². The van der Waals surface area contributed by atoms with Crippen molar-refractivity contribution >= 4 is 44.4 Å². The SMILES string of the molecule is O=C(Cl)c1cc(Cl)c(OCc2cccc(F)c2)c(Br)c1. The lowest BCUT2D eigenvalue weighted by molar-refractivity contribution is 0.108. The van der Waals surface area contributed by atoms with E-state index in [1.165, 1.54) is 24.3 Å². The molecule has 0 aliphatic carbocycles. The first kappa shape index (κ1) is 15.3. The van der Waals surface area contributed by atoms with Crippen LogP contribution in [0.5, 0.6) is 5.75 Å². The molecule has 0 amide bonds. The third-order valence-corrected chi connectivity index (χ3v) is 3.59. The van der Waals surface area contributed by atoms with Crippen LogP contribution in [-0.2, 0) is 6.61 Å². The molecule has 0 atom stereocenters. The van der Waals surface area contributed by atoms with Gasteiger partial charge in [-0.05, 0) is 57.4 Å². The Hall–Kier alpha value is -1.10. The average Bonchev–Trinajstić information content (AvgIpc) is 2.37. The fourth-order valence-electron chi connectivity index (χ4n) is 1.59. The number of hydrogen-bond acceptors (Lipinski definition) is 2. The second-order valence-corrected chi connectivity index (χ2v) is 5.57. The molecular weight excluding hydrogens is 370 g/mol. The number of ether oxygens (including phenoxy) is 1. The molecule has 104 valence electrons. The molecule has 2 aromatic rings. The van der Waals surface area contributed by atoms with Crippen LogP contribution in [0, 0.1) is 5.82 Å². The van der Waals surface area contributed by atoms with Crippen molar-refractivity contribution in [1.29, 1.82) is 0 Å². The third kappa shape index (κ3) is 3.72. The summed E-state index contributed by atoms with van der Waals surface area (Å²) < 4.78 is 19.1. The summed E-state index contributed by atoms with van der Waals surface area (Å²) in [5.41, 5.74) is 0.937. The highest BCUT2D eigenvalue weighted by Gasteiger charge is 2.12. The fourth-order valence-corrected chi connectivity index (χ4v) is 2.67. The van der Waals surface area contributed by atoms with Crippen LogP contribution in [0.3, 0.4) is 0 Å². The summed E-state index contributed by atoms with van der Waals surface area (Å²) in [6, 6.07) is 9.00. The summed E-state index contributed by atoms with van der Waals surface area (Å²) in [5, 5.41) is -0.357. The molecule has 0 unspecified atom stereocenters. The Balaban J connectivity index is 2.20. The minimum absolute atomic E-state index is 0.157. The number of carbonyl (C=O) groups excluding carboxylic acids is 1. The average molecular weight is 378 g/mol. The maximum Gasteiger partial charge on any atom is 0.252 e. The molecule has 0 aliphatic heterocycles. The summed E-state index contributed by atoms with van der Waals surface area (Å²) in [6.07, 6.45) is 0. The van der Waals surface area contributed by atoms with Crippen molar-refractivity contribution in [1.82, 2.24) is 0 Å². The number of rotatable bonds is 4. The van der Waals surface area contributed by atoms with Crippen molar-refractivity contribution < 1.29 is 13.9 Å². The molecule has 0 N–H and O–H groups in total. The van der Waals surface area contributed by atoms with E-state index in [1.807, 2.05) is 0 Å². The van der Waals surface area contributed by atoms with Crippen LogP contribution in [0.25, 0.3) is 0 Å². The maximum absolute atomic E-state index is 13.1. The zero-order chi connectivity index (χ0) is 14.7. The molecule has 0 fully saturated rings. The third-order valence-electron chi connectivity index (χ3n) is 2.50. The Morgan fingerprint density at radius 1 is 1.30 bits per heavy atom. The summed E-state index contributed by atoms with van der Waals surface area (Å²) in [7, 11) is 0. The van der Waals surface area contributed by atoms with Crippen molar-refractivity contribution in [3.05, 3.63) is 62.8 Å². The Morgan fingerprint density at radius 2 is 2.05 bits per heavy atom. The summed E-state index contributed by atoms with van der Waals surface area (Å²) in [6.45, 7) is 0.157. The number of halogens is 4. The summed E-state index contributed by atoms with van der Waals surface area (Å²) in [5.74, 6) is 0.0388. The molecule has 2 aromatic carbocycles. The van der Waals surface area contributed by atoms with Crippen LogP contribution in [-0.4, -0.2) is 5.24 Å². The molecule has 0 saturated heterocycles. The first-order valence-corrected chi connectivity index (χ1v) is 7.08. The molecule has 0 aromatic heterocycles. The van der Waals surface area contributed by atoms with Gasteiger partial charge in [0, 0.05) is 5.56 Å². The summed E-state index contributed by atoms with van der Waals surface area (Å²) >= 11 is 14.7. The number of benzene rings is 2. The van der Waals surface area contributed by atoms with E-state index in [-0.39, 0.29) is 23.0 Å². The van der Waals surface area contributed by atoms with E-state index in [1.54, 1.807) is 12.1 Å². The maximum atomic E-state index is 13.1. The first-order chi connectivity index (χ1) is 9.47. The van der Waals surface area contributed by atoms with Gasteiger partial charge in [0.25, 0.3) is 5.24 Å². The van der Waals surface area contributed by atoms with Gasteiger partial charge in [-0.3, -0.25) is 4.79 Å². The second kappa shape index (κ2) is 6.57. The lowest BCUT2D eigenvalue weighted by Gasteiger charge is -2.11. The molecule has 0 spiro atoms. The molecular formula is C14H8BrCl2FO2. The van der Waals surface area contributed by atoms with Gasteiger partial charge in [-0.25, -0.2) is 4.39 Å². The number of carbonyl (C=O) groups is 1. The molecule has 0 saturated carbocycles. The smallest absolute Gasteiger partial charge is 0.252 e. The van der Waals surface area contributed by atoms with Crippen LogP contribution in [0.15, 0.2) is 40.9 Å². The molecule has 6 heteroatoms. The first-order valence-electron chi connectivity index (χ1n) is 5.53. The lowest BCUT2D eigenvalue weighted by atomic mass is 10.2. The van der Waals surface area contributed by atoms with Gasteiger partial charge in [0.1, 0.15) is 12.4 Å². The molecule has 20 heavy (non-hydrogen) atoms. The van der Waals surface area contributed by atoms with E-state index in [0.717, 1.165) is 0 Å². The Morgan fingerprint density at radius 3 is 2.65 bits per heavy atom. The van der Waals surface area contributed by atoms with Crippen molar-refractivity contribution in [2.75, 3.05) is 0 Å². The monoisotopic (exact) mass is 376 g/mol. The van der Waals surface area contributed by atoms with Crippen molar-refractivity contribution in [3.8, 4) is 5.75 Å². The Kier molecular flexibility index (Phi) is 5.02. The predicted molar refractivity (Wildman–Crippen MR) is 80.1 cm³/mol. The van der Waals surface area contributed by atoms with Crippen molar-refractivity contribution in [2.45, 2.75) is 6.61 Å². The molecule has 0 heterocycles. The highest BCUT2D eigenvalue weighted by Crippen LogP contribution is 2.35. The second-order valence-electron chi connectivity index (χ2n) is 3.96. The van der Waals surface area contributed by atoms with E-state index < -0.39 is 5.24 Å². The molecule has 2 rings (SSSR count). The van der Waals surface area contributed by atoms with E-state index in [0.29, 0.717) is 15.8 Å². The van der Waals surface area contributed by atoms with Crippen LogP contribution in [0.4, 0.5) is 4.39 Å². The summed E-state index contributed by atoms with van der Waals surface area (Å²) in [4.78, 5) is 11.1. The minimum Gasteiger partial charge on any atom is -0.486 e. The quantitative estimate of drug-likeness (QED) is 0.684.